The number of allylic oxidation sites excluding steroid dienone is 5. The zero-order chi connectivity index (χ0) is 18.0. The minimum Gasteiger partial charge on any atom is -1.00 e. The van der Waals surface area contributed by atoms with Crippen LogP contribution in [0.4, 0.5) is 0 Å². The number of fused-ring (bicyclic) bond motifs is 2. The molecule has 134 valence electrons. The summed E-state index contributed by atoms with van der Waals surface area (Å²) >= 11 is -1.09. The van der Waals surface area contributed by atoms with Crippen molar-refractivity contribution in [1.29, 1.82) is 0 Å². The first-order valence-electron chi connectivity index (χ1n) is 9.21. The quantitative estimate of drug-likeness (QED) is 0.550. The summed E-state index contributed by atoms with van der Waals surface area (Å²) < 4.78 is 8.90. The van der Waals surface area contributed by atoms with Crippen molar-refractivity contribution in [3.63, 3.8) is 0 Å². The molecule has 1 aromatic carbocycles. The van der Waals surface area contributed by atoms with Crippen molar-refractivity contribution in [3.8, 4) is 0 Å². The van der Waals surface area contributed by atoms with E-state index >= 15 is 0 Å². The molecule has 2 unspecified atom stereocenters. The van der Waals surface area contributed by atoms with Crippen molar-refractivity contribution in [2.75, 3.05) is 0 Å². The second kappa shape index (κ2) is 5.70. The maximum atomic E-state index is 2.67. The van der Waals surface area contributed by atoms with E-state index in [1.54, 1.807) is 5.56 Å². The molecule has 0 N–H and O–H groups in total. The fraction of sp³-hybridized carbons (Fsp3) is 0.182. The fourth-order valence-electron chi connectivity index (χ4n) is 4.66. The van der Waals surface area contributed by atoms with Crippen molar-refractivity contribution in [2.24, 2.45) is 0 Å². The topological polar surface area (TPSA) is 4.93 Å². The summed E-state index contributed by atoms with van der Waals surface area (Å²) in [6.07, 6.45) is 16.2. The Balaban J connectivity index is 0.00000112. The third-order valence-electron chi connectivity index (χ3n) is 6.08. The van der Waals surface area contributed by atoms with Crippen LogP contribution in [0.25, 0.3) is 11.8 Å². The molecule has 0 radical (unpaired) electrons. The van der Waals surface area contributed by atoms with E-state index in [1.807, 2.05) is 0 Å². The predicted molar refractivity (Wildman–Crippen MR) is 117 cm³/mol. The summed E-state index contributed by atoms with van der Waals surface area (Å²) in [5.74, 6) is 0. The Morgan fingerprint density at radius 2 is 1.88 bits per heavy atom. The van der Waals surface area contributed by atoms with Gasteiger partial charge in [-0.3, -0.25) is 0 Å². The van der Waals surface area contributed by atoms with Crippen molar-refractivity contribution in [3.05, 3.63) is 94.7 Å². The van der Waals surface area contributed by atoms with Gasteiger partial charge in [0, 0.05) is 0 Å². The van der Waals surface area contributed by atoms with Crippen LogP contribution < -0.4 is 0 Å². The van der Waals surface area contributed by atoms with Crippen LogP contribution in [0.3, 0.4) is 0 Å². The van der Waals surface area contributed by atoms with E-state index in [0.29, 0.717) is 6.58 Å². The molecule has 1 aromatic heterocycles. The molecule has 0 spiro atoms. The van der Waals surface area contributed by atoms with Crippen LogP contribution >= 0.6 is 11.8 Å². The van der Waals surface area contributed by atoms with Gasteiger partial charge < -0.3 is 2.85 Å². The van der Waals surface area contributed by atoms with Crippen LogP contribution in [0, 0.1) is 0 Å². The van der Waals surface area contributed by atoms with Gasteiger partial charge in [0.1, 0.15) is 0 Å². The van der Waals surface area contributed by atoms with Gasteiger partial charge in [0.05, 0.1) is 0 Å². The molecule has 5 rings (SSSR count). The van der Waals surface area contributed by atoms with Gasteiger partial charge in [-0.2, -0.15) is 0 Å². The molecule has 0 amide bonds. The summed E-state index contributed by atoms with van der Waals surface area (Å²) in [6, 6.07) is 13.3. The summed E-state index contributed by atoms with van der Waals surface area (Å²) in [7, 11) is 0. The average Bonchev–Trinajstić information content (AvgIpc) is 3.34. The van der Waals surface area contributed by atoms with E-state index in [-0.39, 0.29) is 2.85 Å². The Bertz CT molecular complexity index is 1110. The third-order valence-corrected chi connectivity index (χ3v) is 30.5. The van der Waals surface area contributed by atoms with E-state index in [0.717, 1.165) is 0 Å². The Kier molecular flexibility index (Phi) is 3.74. The predicted octanol–water partition coefficient (Wildman–Crippen LogP) is 5.55. The second-order valence-corrected chi connectivity index (χ2v) is 41.5. The molecule has 0 fully saturated rings. The van der Waals surface area contributed by atoms with Gasteiger partial charge in [-0.05, 0) is 0 Å². The van der Waals surface area contributed by atoms with Crippen molar-refractivity contribution < 1.29 is 20.3 Å². The van der Waals surface area contributed by atoms with Gasteiger partial charge in [-0.1, -0.05) is 0 Å². The van der Waals surface area contributed by atoms with Crippen molar-refractivity contribution >= 4 is 30.4 Å². The van der Waals surface area contributed by atoms with Crippen molar-refractivity contribution in [2.45, 2.75) is 15.8 Å². The molecular weight excluding hydrogens is 430 g/mol. The number of benzene rings is 1. The normalized spacial score (nSPS) is 24.2. The number of hydrogen-bond donors (Lipinski definition) is 0. The van der Waals surface area contributed by atoms with Gasteiger partial charge in [-0.15, -0.1) is 0 Å². The van der Waals surface area contributed by atoms with Crippen LogP contribution in [0.15, 0.2) is 83.6 Å². The smallest absolute Gasteiger partial charge is 1.00 e. The molecule has 0 saturated heterocycles. The fourth-order valence-corrected chi connectivity index (χ4v) is 24.0. The Labute approximate surface area is 165 Å². The number of hydrogen-bond acceptors (Lipinski definition) is 1. The molecule has 2 heterocycles. The number of aromatic nitrogens is 1. The van der Waals surface area contributed by atoms with Crippen LogP contribution in [0.1, 0.15) is 17.6 Å². The molecule has 0 bridgehead atoms. The number of nitrogens with zero attached hydrogens (tertiary/aromatic N) is 1. The second-order valence-electron chi connectivity index (χ2n) is 8.71. The maximum Gasteiger partial charge on any atom is -1.00 e. The Morgan fingerprint density at radius 3 is 2.65 bits per heavy atom. The molecular formula is C22H25NSSiZr-2. The molecule has 4 heteroatoms. The first kappa shape index (κ1) is 17.0. The minimum atomic E-state index is -3.20. The van der Waals surface area contributed by atoms with Gasteiger partial charge >= 0.3 is 163 Å². The molecule has 3 aliphatic rings. The average molecular weight is 455 g/mol. The Morgan fingerprint density at radius 1 is 1.12 bits per heavy atom. The van der Waals surface area contributed by atoms with Crippen molar-refractivity contribution in [1.82, 2.24) is 4.57 Å². The van der Waals surface area contributed by atoms with Crippen LogP contribution in [0.2, 0.25) is 9.26 Å². The maximum absolute atomic E-state index is 3.20. The van der Waals surface area contributed by atoms with Crippen LogP contribution in [-0.2, 0) is 17.4 Å². The Hall–Kier alpha value is -1.09. The van der Waals surface area contributed by atoms with Gasteiger partial charge in [-0.25, -0.2) is 0 Å². The van der Waals surface area contributed by atoms with Gasteiger partial charge in [0.15, 0.2) is 0 Å². The van der Waals surface area contributed by atoms with Crippen LogP contribution in [-0.4, -0.2) is 14.4 Å². The van der Waals surface area contributed by atoms with Crippen LogP contribution in [0.5, 0.6) is 0 Å². The standard InChI is InChI=1S/C13H10N.C7H5S.2CH3.H2Si.Zr.2H/c1-2-6-12-10-13(9-11(12)5-1)14-7-3-4-8-14;1-2-6-4-5-8-7(6)3-1;;;;;;/h1-10H;1-5H;2*1H3;1H2;;;/q;;;;;;2*-1. The third kappa shape index (κ3) is 2.46. The molecule has 2 aromatic rings. The zero-order valence-electron chi connectivity index (χ0n) is 17.2. The SMILES string of the molecule is [CH3][Zr]([CH3])(=[SiH2])([CH]1C=C2C=CC=C2S1)[CH]1C(n2cccc2)=Cc2ccccc21.[H-].[H-]. The summed E-state index contributed by atoms with van der Waals surface area (Å²) in [6.45, 7) is 2.39. The minimum absolute atomic E-state index is 0. The van der Waals surface area contributed by atoms with E-state index in [9.17, 15) is 0 Å². The summed E-state index contributed by atoms with van der Waals surface area (Å²) in [4.78, 5) is 1.48. The van der Waals surface area contributed by atoms with Gasteiger partial charge in [0.25, 0.3) is 0 Å². The van der Waals surface area contributed by atoms with E-state index in [2.05, 4.69) is 112 Å². The summed E-state index contributed by atoms with van der Waals surface area (Å²) in [5, 5.41) is 0. The van der Waals surface area contributed by atoms with E-state index in [4.69, 9.17) is 0 Å². The molecule has 1 nitrogen and oxygen atoms in total. The van der Waals surface area contributed by atoms with E-state index < -0.39 is 17.4 Å². The molecule has 2 atom stereocenters. The molecule has 26 heavy (non-hydrogen) atoms. The molecule has 0 saturated carbocycles. The molecule has 1 aliphatic heterocycles. The largest absolute Gasteiger partial charge is 1.00 e. The zero-order valence-corrected chi connectivity index (χ0v) is 19.9. The molecule has 2 aliphatic carbocycles. The monoisotopic (exact) mass is 453 g/mol. The summed E-state index contributed by atoms with van der Waals surface area (Å²) in [5.41, 5.74) is 5.88. The number of thioether (sulfide) groups is 1. The first-order valence-corrected chi connectivity index (χ1v) is 23.8. The first-order chi connectivity index (χ1) is 12.4. The van der Waals surface area contributed by atoms with E-state index in [1.165, 1.54) is 21.7 Å². The van der Waals surface area contributed by atoms with Gasteiger partial charge in [0.2, 0.25) is 0 Å². The number of rotatable bonds is 3.